The van der Waals surface area contributed by atoms with Crippen LogP contribution in [-0.4, -0.2) is 9.97 Å². The fraction of sp³-hybridized carbons (Fsp3) is 0.333. The van der Waals surface area contributed by atoms with Gasteiger partial charge in [0.1, 0.15) is 0 Å². The zero-order valence-electron chi connectivity index (χ0n) is 10.0. The van der Waals surface area contributed by atoms with Crippen molar-refractivity contribution in [1.82, 2.24) is 9.97 Å². The van der Waals surface area contributed by atoms with Gasteiger partial charge in [-0.3, -0.25) is 9.97 Å². The monoisotopic (exact) mass is 114 g/mol. The molecule has 0 aromatic carbocycles. The van der Waals surface area contributed by atoms with Crippen molar-refractivity contribution < 1.29 is 8.22 Å². The lowest BCUT2D eigenvalue weighted by Crippen LogP contribution is -1.87. The predicted molar refractivity (Wildman–Crippen MR) is 31.5 cm³/mol. The van der Waals surface area contributed by atoms with Crippen LogP contribution in [0.4, 0.5) is 0 Å². The van der Waals surface area contributed by atoms with Gasteiger partial charge in [0.2, 0.25) is 0 Å². The third-order valence-electron chi connectivity index (χ3n) is 0.698. The van der Waals surface area contributed by atoms with Gasteiger partial charge in [0.05, 0.1) is 11.4 Å². The maximum Gasteiger partial charge on any atom is 0.0584 e. The van der Waals surface area contributed by atoms with Crippen LogP contribution in [0.5, 0.6) is 0 Å². The number of aryl methyl sites for hydroxylation is 2. The molecule has 0 amide bonds. The van der Waals surface area contributed by atoms with E-state index in [9.17, 15) is 0 Å². The number of hydrogen-bond donors (Lipinski definition) is 0. The Hall–Kier alpha value is -0.920. The van der Waals surface area contributed by atoms with Crippen LogP contribution in [-0.2, 0) is 0 Å². The summed E-state index contributed by atoms with van der Waals surface area (Å²) in [5.41, 5.74) is -0.917. The van der Waals surface area contributed by atoms with Crippen LogP contribution < -0.4 is 0 Å². The molecule has 0 bridgehead atoms. The molecule has 0 aliphatic carbocycles. The van der Waals surface area contributed by atoms with E-state index in [-0.39, 0.29) is 0 Å². The van der Waals surface area contributed by atoms with Crippen LogP contribution in [0.2, 0.25) is 0 Å². The summed E-state index contributed by atoms with van der Waals surface area (Å²) in [5.74, 6) is 0. The molecule has 1 rings (SSSR count). The molecule has 0 aliphatic heterocycles. The predicted octanol–water partition coefficient (Wildman–Crippen LogP) is 1.09. The minimum Gasteiger partial charge on any atom is -0.258 e. The zero-order valence-corrected chi connectivity index (χ0v) is 4.05. The van der Waals surface area contributed by atoms with Crippen molar-refractivity contribution >= 4 is 0 Å². The van der Waals surface area contributed by atoms with E-state index >= 15 is 0 Å². The number of hydrogen-bond acceptors (Lipinski definition) is 2. The first-order valence-electron chi connectivity index (χ1n) is 5.05. The van der Waals surface area contributed by atoms with Gasteiger partial charge in [-0.1, -0.05) is 0 Å². The lowest BCUT2D eigenvalue weighted by molar-refractivity contribution is 1.05. The fourth-order valence-corrected chi connectivity index (χ4v) is 0.338. The molecule has 0 spiro atoms. The minimum absolute atomic E-state index is 0.458. The van der Waals surface area contributed by atoms with Crippen molar-refractivity contribution in [3.05, 3.63) is 23.8 Å². The van der Waals surface area contributed by atoms with Gasteiger partial charge in [-0.05, 0) is 13.7 Å². The van der Waals surface area contributed by atoms with E-state index in [0.717, 1.165) is 12.4 Å². The minimum atomic E-state index is -2.54. The highest BCUT2D eigenvalue weighted by Gasteiger charge is 1.87. The first kappa shape index (κ1) is 1.53. The Morgan fingerprint density at radius 1 is 1.25 bits per heavy atom. The average Bonchev–Trinajstić information content (AvgIpc) is 2.01. The maximum absolute atomic E-state index is 7.07. The van der Waals surface area contributed by atoms with Gasteiger partial charge < -0.3 is 0 Å². The third kappa shape index (κ3) is 0.832. The summed E-state index contributed by atoms with van der Waals surface area (Å²) in [6.45, 7) is -5.09. The SMILES string of the molecule is [2H]C([2H])([2H])c1nccnc1C([2H])([2H])[2H]. The van der Waals surface area contributed by atoms with Crippen LogP contribution in [0.1, 0.15) is 19.6 Å². The van der Waals surface area contributed by atoms with Crippen molar-refractivity contribution in [2.75, 3.05) is 0 Å². The molecule has 0 unspecified atom stereocenters. The van der Waals surface area contributed by atoms with E-state index in [1.54, 1.807) is 0 Å². The number of aromatic nitrogens is 2. The summed E-state index contributed by atoms with van der Waals surface area (Å²) in [5, 5.41) is 0. The first-order valence-corrected chi connectivity index (χ1v) is 2.05. The van der Waals surface area contributed by atoms with E-state index < -0.39 is 25.1 Å². The maximum atomic E-state index is 7.07. The quantitative estimate of drug-likeness (QED) is 0.504. The molecule has 1 heterocycles. The topological polar surface area (TPSA) is 25.8 Å². The van der Waals surface area contributed by atoms with Crippen molar-refractivity contribution in [3.63, 3.8) is 0 Å². The van der Waals surface area contributed by atoms with E-state index in [1.165, 1.54) is 0 Å². The van der Waals surface area contributed by atoms with E-state index in [1.807, 2.05) is 0 Å². The average molecular weight is 114 g/mol. The molecule has 8 heavy (non-hydrogen) atoms. The fourth-order valence-electron chi connectivity index (χ4n) is 0.338. The highest BCUT2D eigenvalue weighted by atomic mass is 14.8. The second-order valence-electron chi connectivity index (χ2n) is 1.25. The van der Waals surface area contributed by atoms with Crippen molar-refractivity contribution in [3.8, 4) is 0 Å². The molecule has 0 radical (unpaired) electrons. The third-order valence-corrected chi connectivity index (χ3v) is 0.698. The number of rotatable bonds is 0. The summed E-state index contributed by atoms with van der Waals surface area (Å²) in [6, 6.07) is 0. The molecule has 1 aromatic rings. The molecule has 1 aromatic heterocycles. The Morgan fingerprint density at radius 3 is 2.12 bits per heavy atom. The first-order chi connectivity index (χ1) is 6.23. The molecule has 0 aliphatic rings. The molecule has 0 saturated heterocycles. The standard InChI is InChI=1S/C6H8N2/c1-5-6(2)8-4-3-7-5/h3-4H,1-2H3/i1D3,2D3. The molecule has 42 valence electrons. The highest BCUT2D eigenvalue weighted by Crippen LogP contribution is 1.93. The summed E-state index contributed by atoms with van der Waals surface area (Å²) in [7, 11) is 0. The number of nitrogens with zero attached hydrogens (tertiary/aromatic N) is 2. The van der Waals surface area contributed by atoms with Gasteiger partial charge in [0, 0.05) is 20.6 Å². The van der Waals surface area contributed by atoms with Crippen LogP contribution in [0.15, 0.2) is 12.4 Å². The smallest absolute Gasteiger partial charge is 0.0584 e. The Labute approximate surface area is 57.0 Å². The molecule has 2 heteroatoms. The van der Waals surface area contributed by atoms with Crippen LogP contribution >= 0.6 is 0 Å². The van der Waals surface area contributed by atoms with Gasteiger partial charge in [-0.2, -0.15) is 0 Å². The second kappa shape index (κ2) is 1.90. The Bertz CT molecular complexity index is 295. The molecule has 0 N–H and O–H groups in total. The molecular formula is C6H8N2. The highest BCUT2D eigenvalue weighted by molar-refractivity contribution is 5.04. The molecule has 0 saturated carbocycles. The zero-order chi connectivity index (χ0) is 11.0. The summed E-state index contributed by atoms with van der Waals surface area (Å²) in [6.07, 6.45) is 2.33. The van der Waals surface area contributed by atoms with Crippen molar-refractivity contribution in [2.45, 2.75) is 13.7 Å². The normalized spacial score (nSPS) is 23.5. The van der Waals surface area contributed by atoms with E-state index in [2.05, 4.69) is 9.97 Å². The second-order valence-corrected chi connectivity index (χ2v) is 1.25. The lowest BCUT2D eigenvalue weighted by Gasteiger charge is -1.91. The van der Waals surface area contributed by atoms with Crippen LogP contribution in [0.3, 0.4) is 0 Å². The van der Waals surface area contributed by atoms with Gasteiger partial charge in [-0.15, -0.1) is 0 Å². The Morgan fingerprint density at radius 2 is 1.75 bits per heavy atom. The summed E-state index contributed by atoms with van der Waals surface area (Å²) < 4.78 is 42.4. The molecule has 0 fully saturated rings. The molecule has 2 nitrogen and oxygen atoms in total. The van der Waals surface area contributed by atoms with Crippen molar-refractivity contribution in [2.24, 2.45) is 0 Å². The lowest BCUT2D eigenvalue weighted by atomic mass is 10.4. The van der Waals surface area contributed by atoms with Gasteiger partial charge in [-0.25, -0.2) is 0 Å². The molecule has 0 atom stereocenters. The van der Waals surface area contributed by atoms with E-state index in [4.69, 9.17) is 8.22 Å². The Kier molecular flexibility index (Phi) is 0.364. The summed E-state index contributed by atoms with van der Waals surface area (Å²) >= 11 is 0. The van der Waals surface area contributed by atoms with Gasteiger partial charge in [0.15, 0.2) is 0 Å². The molecular weight excluding hydrogens is 100 g/mol. The summed E-state index contributed by atoms with van der Waals surface area (Å²) in [4.78, 5) is 7.06. The van der Waals surface area contributed by atoms with Gasteiger partial charge >= 0.3 is 0 Å². The van der Waals surface area contributed by atoms with Gasteiger partial charge in [0.25, 0.3) is 0 Å². The Balaban J connectivity index is 3.31. The van der Waals surface area contributed by atoms with E-state index in [0.29, 0.717) is 0 Å². The van der Waals surface area contributed by atoms with Crippen LogP contribution in [0.25, 0.3) is 0 Å². The van der Waals surface area contributed by atoms with Crippen LogP contribution in [0, 0.1) is 13.7 Å². The largest absolute Gasteiger partial charge is 0.258 e. The van der Waals surface area contributed by atoms with Crippen molar-refractivity contribution in [1.29, 1.82) is 0 Å².